The van der Waals surface area contributed by atoms with Crippen molar-refractivity contribution in [3.05, 3.63) is 90.5 Å². The van der Waals surface area contributed by atoms with E-state index >= 15 is 0 Å². The van der Waals surface area contributed by atoms with E-state index < -0.39 is 6.10 Å². The topological polar surface area (TPSA) is 87.6 Å². The zero-order chi connectivity index (χ0) is 24.6. The second-order valence-electron chi connectivity index (χ2n) is 8.92. The summed E-state index contributed by atoms with van der Waals surface area (Å²) in [4.78, 5) is 13.4. The summed E-state index contributed by atoms with van der Waals surface area (Å²) in [6.45, 7) is 3.17. The summed E-state index contributed by atoms with van der Waals surface area (Å²) in [6.07, 6.45) is 10.2. The molecular weight excluding hydrogens is 459 g/mol. The molecule has 4 aromatic heterocycles. The summed E-state index contributed by atoms with van der Waals surface area (Å²) in [5.41, 5.74) is 5.46. The van der Waals surface area contributed by atoms with Gasteiger partial charge in [-0.3, -0.25) is 4.68 Å². The minimum Gasteiger partial charge on any atom is -0.384 e. The quantitative estimate of drug-likeness (QED) is 0.410. The molecule has 0 amide bonds. The lowest BCUT2D eigenvalue weighted by Gasteiger charge is -2.35. The molecule has 6 rings (SSSR count). The highest BCUT2D eigenvalue weighted by molar-refractivity contribution is 5.75. The lowest BCUT2D eigenvalue weighted by molar-refractivity contribution is 0.219. The van der Waals surface area contributed by atoms with Crippen molar-refractivity contribution in [3.8, 4) is 11.1 Å². The molecule has 0 spiro atoms. The van der Waals surface area contributed by atoms with Crippen molar-refractivity contribution < 1.29 is 9.50 Å². The fraction of sp³-hybridized carbons (Fsp3) is 0.231. The Morgan fingerprint density at radius 2 is 1.50 bits per heavy atom. The lowest BCUT2D eigenvalue weighted by atomic mass is 10.0. The molecule has 10 heteroatoms. The summed E-state index contributed by atoms with van der Waals surface area (Å²) in [6, 6.07) is 9.99. The SMILES string of the molecule is Cn1cc(-c2ccc3c(N4CCN(c5ncc(C(O)c6ccc(F)cc6)cn5)CC4)cnn3c2)cn1. The Hall–Kier alpha value is -4.31. The third-order valence-corrected chi connectivity index (χ3v) is 6.60. The smallest absolute Gasteiger partial charge is 0.225 e. The summed E-state index contributed by atoms with van der Waals surface area (Å²) in [5.74, 6) is 0.293. The molecule has 1 aliphatic heterocycles. The number of halogens is 1. The van der Waals surface area contributed by atoms with Crippen LogP contribution < -0.4 is 9.80 Å². The van der Waals surface area contributed by atoms with Gasteiger partial charge in [-0.1, -0.05) is 18.2 Å². The summed E-state index contributed by atoms with van der Waals surface area (Å²) in [7, 11) is 1.91. The van der Waals surface area contributed by atoms with Gasteiger partial charge in [0.1, 0.15) is 11.9 Å². The molecule has 1 atom stereocenters. The summed E-state index contributed by atoms with van der Waals surface area (Å²) >= 11 is 0. The van der Waals surface area contributed by atoms with Crippen molar-refractivity contribution in [2.75, 3.05) is 36.0 Å². The molecule has 182 valence electrons. The van der Waals surface area contributed by atoms with Crippen LogP contribution >= 0.6 is 0 Å². The van der Waals surface area contributed by atoms with E-state index in [1.54, 1.807) is 29.2 Å². The summed E-state index contributed by atoms with van der Waals surface area (Å²) < 4.78 is 16.9. The Kier molecular flexibility index (Phi) is 5.57. The Balaban J connectivity index is 1.12. The number of piperazine rings is 1. The van der Waals surface area contributed by atoms with E-state index in [0.717, 1.165) is 48.5 Å². The molecule has 1 aromatic carbocycles. The first-order valence-electron chi connectivity index (χ1n) is 11.8. The number of benzene rings is 1. The first kappa shape index (κ1) is 22.2. The van der Waals surface area contributed by atoms with E-state index in [1.807, 2.05) is 36.4 Å². The molecule has 0 saturated carbocycles. The first-order chi connectivity index (χ1) is 17.5. The third-order valence-electron chi connectivity index (χ3n) is 6.60. The zero-order valence-corrected chi connectivity index (χ0v) is 19.7. The highest BCUT2D eigenvalue weighted by Gasteiger charge is 2.22. The van der Waals surface area contributed by atoms with Gasteiger partial charge in [-0.05, 0) is 23.8 Å². The molecule has 1 fully saturated rings. The van der Waals surface area contributed by atoms with Crippen LogP contribution in [0.1, 0.15) is 17.2 Å². The second kappa shape index (κ2) is 9.04. The molecule has 36 heavy (non-hydrogen) atoms. The van der Waals surface area contributed by atoms with Crippen LogP contribution in [0.3, 0.4) is 0 Å². The van der Waals surface area contributed by atoms with E-state index in [4.69, 9.17) is 0 Å². The minimum atomic E-state index is -0.897. The predicted molar refractivity (Wildman–Crippen MR) is 134 cm³/mol. The number of hydrogen-bond donors (Lipinski definition) is 1. The van der Waals surface area contributed by atoms with Gasteiger partial charge >= 0.3 is 0 Å². The van der Waals surface area contributed by atoms with E-state index in [-0.39, 0.29) is 5.82 Å². The standard InChI is InChI=1S/C26H25FN8O/c1-32-16-21(14-30-32)19-4-7-23-24(15-31-35(23)17-19)33-8-10-34(11-9-33)26-28-12-20(13-29-26)25(36)18-2-5-22(27)6-3-18/h2-7,12-17,25,36H,8-11H2,1H3. The number of aliphatic hydroxyl groups excluding tert-OH is 1. The number of rotatable bonds is 5. The van der Waals surface area contributed by atoms with Gasteiger partial charge in [0, 0.05) is 74.7 Å². The van der Waals surface area contributed by atoms with E-state index in [0.29, 0.717) is 17.1 Å². The highest BCUT2D eigenvalue weighted by atomic mass is 19.1. The number of fused-ring (bicyclic) bond motifs is 1. The van der Waals surface area contributed by atoms with Crippen molar-refractivity contribution >= 4 is 17.2 Å². The highest BCUT2D eigenvalue weighted by Crippen LogP contribution is 2.27. The van der Waals surface area contributed by atoms with Gasteiger partial charge in [0.15, 0.2) is 0 Å². The van der Waals surface area contributed by atoms with E-state index in [1.165, 1.54) is 12.1 Å². The van der Waals surface area contributed by atoms with Gasteiger partial charge in [0.2, 0.25) is 5.95 Å². The van der Waals surface area contributed by atoms with Crippen LogP contribution in [0.25, 0.3) is 16.6 Å². The number of hydrogen-bond acceptors (Lipinski definition) is 7. The molecule has 9 nitrogen and oxygen atoms in total. The lowest BCUT2D eigenvalue weighted by Crippen LogP contribution is -2.47. The average Bonchev–Trinajstić information content (AvgIpc) is 3.55. The van der Waals surface area contributed by atoms with Crippen LogP contribution in [0.5, 0.6) is 0 Å². The molecule has 1 unspecified atom stereocenters. The third kappa shape index (κ3) is 4.16. The van der Waals surface area contributed by atoms with Crippen LogP contribution in [-0.2, 0) is 7.05 Å². The average molecular weight is 485 g/mol. The number of aromatic nitrogens is 6. The molecule has 0 bridgehead atoms. The Labute approximate surface area is 207 Å². The van der Waals surface area contributed by atoms with Crippen molar-refractivity contribution in [1.29, 1.82) is 0 Å². The van der Waals surface area contributed by atoms with Crippen molar-refractivity contribution in [1.82, 2.24) is 29.4 Å². The molecule has 0 radical (unpaired) electrons. The van der Waals surface area contributed by atoms with Crippen LogP contribution in [-0.4, -0.2) is 60.6 Å². The van der Waals surface area contributed by atoms with E-state index in [9.17, 15) is 9.50 Å². The van der Waals surface area contributed by atoms with E-state index in [2.05, 4.69) is 42.1 Å². The first-order valence-corrected chi connectivity index (χ1v) is 11.8. The fourth-order valence-electron chi connectivity index (χ4n) is 4.58. The van der Waals surface area contributed by atoms with Crippen molar-refractivity contribution in [2.45, 2.75) is 6.10 Å². The Morgan fingerprint density at radius 1 is 0.778 bits per heavy atom. The molecule has 1 saturated heterocycles. The van der Waals surface area contributed by atoms with Gasteiger partial charge in [0.05, 0.1) is 23.6 Å². The molecule has 0 aliphatic carbocycles. The Bertz CT molecular complexity index is 1490. The number of pyridine rings is 1. The molecule has 5 heterocycles. The van der Waals surface area contributed by atoms with Crippen LogP contribution in [0, 0.1) is 5.82 Å². The van der Waals surface area contributed by atoms with Gasteiger partial charge in [-0.25, -0.2) is 18.9 Å². The Morgan fingerprint density at radius 3 is 2.19 bits per heavy atom. The monoisotopic (exact) mass is 484 g/mol. The van der Waals surface area contributed by atoms with Gasteiger partial charge < -0.3 is 14.9 Å². The number of aliphatic hydroxyl groups is 1. The van der Waals surface area contributed by atoms with Crippen molar-refractivity contribution in [3.63, 3.8) is 0 Å². The minimum absolute atomic E-state index is 0.338. The maximum absolute atomic E-state index is 13.2. The van der Waals surface area contributed by atoms with Crippen LogP contribution in [0.15, 0.2) is 73.6 Å². The maximum atomic E-state index is 13.2. The van der Waals surface area contributed by atoms with Gasteiger partial charge in [0.25, 0.3) is 0 Å². The predicted octanol–water partition coefficient (Wildman–Crippen LogP) is 3.07. The second-order valence-corrected chi connectivity index (χ2v) is 8.92. The number of anilines is 2. The fourth-order valence-corrected chi connectivity index (χ4v) is 4.58. The summed E-state index contributed by atoms with van der Waals surface area (Å²) in [5, 5.41) is 19.4. The largest absolute Gasteiger partial charge is 0.384 e. The maximum Gasteiger partial charge on any atom is 0.225 e. The molecule has 1 N–H and O–H groups in total. The van der Waals surface area contributed by atoms with Gasteiger partial charge in [-0.15, -0.1) is 0 Å². The number of nitrogens with zero attached hydrogens (tertiary/aromatic N) is 8. The molecular formula is C26H25FN8O. The molecule has 5 aromatic rings. The zero-order valence-electron chi connectivity index (χ0n) is 19.7. The van der Waals surface area contributed by atoms with Gasteiger partial charge in [-0.2, -0.15) is 10.2 Å². The number of aryl methyl sites for hydroxylation is 1. The van der Waals surface area contributed by atoms with Crippen LogP contribution in [0.4, 0.5) is 16.0 Å². The van der Waals surface area contributed by atoms with Crippen molar-refractivity contribution in [2.24, 2.45) is 7.05 Å². The molecule has 1 aliphatic rings. The normalized spacial score (nSPS) is 15.0. The van der Waals surface area contributed by atoms with Crippen LogP contribution in [0.2, 0.25) is 0 Å².